The van der Waals surface area contributed by atoms with Crippen LogP contribution in [-0.2, 0) is 18.9 Å². The van der Waals surface area contributed by atoms with E-state index >= 15 is 0 Å². The van der Waals surface area contributed by atoms with E-state index in [1.165, 1.54) is 186 Å². The summed E-state index contributed by atoms with van der Waals surface area (Å²) in [4.78, 5) is 0. The monoisotopic (exact) mass is 963 g/mol. The summed E-state index contributed by atoms with van der Waals surface area (Å²) in [5.74, 6) is 9.71. The molecule has 5 aliphatic rings. The minimum absolute atomic E-state index is 0.207. The van der Waals surface area contributed by atoms with E-state index in [0.717, 1.165) is 111 Å². The Morgan fingerprint density at radius 3 is 2.00 bits per heavy atom. The molecule has 0 radical (unpaired) electrons. The van der Waals surface area contributed by atoms with Gasteiger partial charge in [0.2, 0.25) is 0 Å². The van der Waals surface area contributed by atoms with Crippen molar-refractivity contribution in [2.24, 2.45) is 64.6 Å². The van der Waals surface area contributed by atoms with Crippen molar-refractivity contribution in [3.8, 4) is 0 Å². The number of hydrogen-bond donors (Lipinski definition) is 0. The fraction of sp³-hybridized carbons (Fsp3) is 0.938. The summed E-state index contributed by atoms with van der Waals surface area (Å²) >= 11 is 0. The third kappa shape index (κ3) is 22.4. The van der Waals surface area contributed by atoms with Crippen LogP contribution in [0.1, 0.15) is 272 Å². The fourth-order valence-corrected chi connectivity index (χ4v) is 15.3. The minimum atomic E-state index is 0.207. The molecule has 0 aliphatic heterocycles. The predicted molar refractivity (Wildman–Crippen MR) is 297 cm³/mol. The van der Waals surface area contributed by atoms with E-state index in [1.54, 1.807) is 32.1 Å². The first kappa shape index (κ1) is 59.2. The standard InChI is InChI=1S/C65H118O4/c1-7-8-9-10-11-12-13-14-15-16-17-18-19-20-21-22-23-25-47-68-52-61(40-33-56-32-39-60(51-56)66-6)69-49-28-48-67-46-26-24-31-55-44-45-65(5)59(50-55)38-42-63-62-41-36-57(54(4)30-27-29-53(2)3)34-35-58(62)37-43-64(63)65/h11-12,14-15,53-64H,7-10,13,16-52H2,1-6H3/b12-11-,15-14-/t54-,55+,56?,57-,58-,59?,60?,61?,62-,63+,64+,65+/m1/s1. The van der Waals surface area contributed by atoms with Gasteiger partial charge in [0.1, 0.15) is 0 Å². The van der Waals surface area contributed by atoms with Gasteiger partial charge in [-0.1, -0.05) is 142 Å². The SMILES string of the molecule is CCCCC/C=C\C/C=C\CCCCCCCCCCOCC(CCC1CCC(OC)C1)OCCCOCCCC[C@H]1CC[C@@]2(C)C(CC[C@H]3[C@@H]4CC[C@H]([C@H](C)CCCC(C)C)CC[C@@H]4CC[C@@H]32)C1. The Bertz CT molecular complexity index is 1310. The maximum atomic E-state index is 6.51. The molecule has 5 saturated carbocycles. The van der Waals surface area contributed by atoms with E-state index in [-0.39, 0.29) is 6.10 Å². The van der Waals surface area contributed by atoms with E-state index < -0.39 is 0 Å². The molecule has 0 saturated heterocycles. The van der Waals surface area contributed by atoms with Gasteiger partial charge in [-0.15, -0.1) is 0 Å². The number of unbranched alkanes of at least 4 members (excludes halogenated alkanes) is 12. The highest BCUT2D eigenvalue weighted by molar-refractivity contribution is 5.04. The predicted octanol–water partition coefficient (Wildman–Crippen LogP) is 19.3. The minimum Gasteiger partial charge on any atom is -0.381 e. The van der Waals surface area contributed by atoms with Crippen molar-refractivity contribution in [3.63, 3.8) is 0 Å². The lowest BCUT2D eigenvalue weighted by molar-refractivity contribution is -0.100. The molecule has 0 amide bonds. The third-order valence-corrected chi connectivity index (χ3v) is 19.8. The van der Waals surface area contributed by atoms with Gasteiger partial charge in [-0.2, -0.15) is 0 Å². The van der Waals surface area contributed by atoms with Crippen molar-refractivity contribution in [1.82, 2.24) is 0 Å². The Balaban J connectivity index is 0.870. The second-order valence-corrected chi connectivity index (χ2v) is 25.3. The van der Waals surface area contributed by atoms with Crippen molar-refractivity contribution in [2.45, 2.75) is 284 Å². The van der Waals surface area contributed by atoms with E-state index in [2.05, 4.69) is 58.9 Å². The van der Waals surface area contributed by atoms with E-state index in [9.17, 15) is 0 Å². The van der Waals surface area contributed by atoms with Gasteiger partial charge in [0.15, 0.2) is 0 Å². The van der Waals surface area contributed by atoms with Crippen LogP contribution in [-0.4, -0.2) is 52.4 Å². The summed E-state index contributed by atoms with van der Waals surface area (Å²) in [6, 6.07) is 0. The van der Waals surface area contributed by atoms with Crippen molar-refractivity contribution in [3.05, 3.63) is 24.3 Å². The van der Waals surface area contributed by atoms with Crippen LogP contribution in [0.25, 0.3) is 0 Å². The number of rotatable bonds is 38. The summed E-state index contributed by atoms with van der Waals surface area (Å²) in [6.07, 6.45) is 60.7. The normalized spacial score (nSPS) is 30.4. The van der Waals surface area contributed by atoms with E-state index in [4.69, 9.17) is 18.9 Å². The van der Waals surface area contributed by atoms with Gasteiger partial charge >= 0.3 is 0 Å². The van der Waals surface area contributed by atoms with Crippen LogP contribution in [0.4, 0.5) is 0 Å². The number of methoxy groups -OCH3 is 1. The maximum absolute atomic E-state index is 6.51. The zero-order chi connectivity index (χ0) is 48.8. The summed E-state index contributed by atoms with van der Waals surface area (Å²) < 4.78 is 24.7. The van der Waals surface area contributed by atoms with E-state index in [1.807, 2.05) is 7.11 Å². The molecular weight excluding hydrogens is 845 g/mol. The Morgan fingerprint density at radius 1 is 0.551 bits per heavy atom. The van der Waals surface area contributed by atoms with Crippen LogP contribution in [0.5, 0.6) is 0 Å². The van der Waals surface area contributed by atoms with Crippen LogP contribution in [0.3, 0.4) is 0 Å². The summed E-state index contributed by atoms with van der Waals surface area (Å²) in [5, 5.41) is 0. The largest absolute Gasteiger partial charge is 0.381 e. The van der Waals surface area contributed by atoms with Crippen molar-refractivity contribution < 1.29 is 18.9 Å². The van der Waals surface area contributed by atoms with Gasteiger partial charge in [-0.05, 0) is 219 Å². The molecule has 69 heavy (non-hydrogen) atoms. The first-order valence-corrected chi connectivity index (χ1v) is 31.4. The highest BCUT2D eigenvalue weighted by Gasteiger charge is 2.54. The van der Waals surface area contributed by atoms with Gasteiger partial charge in [-0.3, -0.25) is 0 Å². The molecular formula is C65H118O4. The molecule has 0 bridgehead atoms. The van der Waals surface area contributed by atoms with Crippen LogP contribution in [0, 0.1) is 64.6 Å². The molecule has 12 atom stereocenters. The van der Waals surface area contributed by atoms with Gasteiger partial charge in [-0.25, -0.2) is 0 Å². The average Bonchev–Trinajstić information content (AvgIpc) is 3.70. The second-order valence-electron chi connectivity index (χ2n) is 25.3. The van der Waals surface area contributed by atoms with Crippen molar-refractivity contribution in [1.29, 1.82) is 0 Å². The fourth-order valence-electron chi connectivity index (χ4n) is 15.3. The molecule has 0 aromatic rings. The third-order valence-electron chi connectivity index (χ3n) is 19.8. The number of hydrogen-bond acceptors (Lipinski definition) is 4. The van der Waals surface area contributed by atoms with Gasteiger partial charge < -0.3 is 18.9 Å². The lowest BCUT2D eigenvalue weighted by Crippen LogP contribution is -2.51. The van der Waals surface area contributed by atoms with Gasteiger partial charge in [0.05, 0.1) is 18.8 Å². The maximum Gasteiger partial charge on any atom is 0.0808 e. The van der Waals surface area contributed by atoms with Crippen LogP contribution in [0.15, 0.2) is 24.3 Å². The second kappa shape index (κ2) is 35.5. The molecule has 5 fully saturated rings. The number of fused-ring (bicyclic) bond motifs is 5. The number of allylic oxidation sites excluding steroid dienone is 4. The Kier molecular flexibility index (Phi) is 30.5. The number of ether oxygens (including phenoxy) is 4. The molecule has 402 valence electrons. The lowest BCUT2D eigenvalue weighted by Gasteiger charge is -2.59. The zero-order valence-corrected chi connectivity index (χ0v) is 47.1. The lowest BCUT2D eigenvalue weighted by atomic mass is 9.46. The molecule has 4 unspecified atom stereocenters. The van der Waals surface area contributed by atoms with Crippen molar-refractivity contribution >= 4 is 0 Å². The zero-order valence-electron chi connectivity index (χ0n) is 47.1. The Labute approximate surface area is 430 Å². The highest BCUT2D eigenvalue weighted by atomic mass is 16.5. The molecule has 5 aliphatic carbocycles. The molecule has 5 rings (SSSR count). The topological polar surface area (TPSA) is 36.9 Å². The van der Waals surface area contributed by atoms with Gasteiger partial charge in [0, 0.05) is 33.5 Å². The molecule has 0 aromatic heterocycles. The van der Waals surface area contributed by atoms with Crippen molar-refractivity contribution in [2.75, 3.05) is 40.1 Å². The molecule has 4 heteroatoms. The first-order valence-electron chi connectivity index (χ1n) is 31.4. The first-order chi connectivity index (χ1) is 33.8. The molecule has 0 heterocycles. The molecule has 0 N–H and O–H groups in total. The molecule has 0 spiro atoms. The highest BCUT2D eigenvalue weighted by Crippen LogP contribution is 2.63. The summed E-state index contributed by atoms with van der Waals surface area (Å²) in [6.45, 7) is 16.6. The smallest absolute Gasteiger partial charge is 0.0808 e. The van der Waals surface area contributed by atoms with E-state index in [0.29, 0.717) is 11.5 Å². The van der Waals surface area contributed by atoms with Crippen LogP contribution in [0.2, 0.25) is 0 Å². The van der Waals surface area contributed by atoms with Crippen LogP contribution < -0.4 is 0 Å². The van der Waals surface area contributed by atoms with Crippen LogP contribution >= 0.6 is 0 Å². The molecule has 4 nitrogen and oxygen atoms in total. The summed E-state index contributed by atoms with van der Waals surface area (Å²) in [7, 11) is 1.88. The van der Waals surface area contributed by atoms with Gasteiger partial charge in [0.25, 0.3) is 0 Å². The molecule has 0 aromatic carbocycles. The quantitative estimate of drug-likeness (QED) is 0.0456. The Hall–Kier alpha value is -0.680. The Morgan fingerprint density at radius 2 is 1.23 bits per heavy atom. The average molecular weight is 964 g/mol. The summed E-state index contributed by atoms with van der Waals surface area (Å²) in [5.41, 5.74) is 0.628.